The molecule has 0 fully saturated rings. The first kappa shape index (κ1) is 16.9. The fourth-order valence-corrected chi connectivity index (χ4v) is 1.85. The average molecular weight is 303 g/mol. The lowest BCUT2D eigenvalue weighted by Crippen LogP contribution is -2.29. The van der Waals surface area contributed by atoms with E-state index in [2.05, 4.69) is 10.4 Å². The first-order valence-electron chi connectivity index (χ1n) is 6.69. The molecule has 0 unspecified atom stereocenters. The molecule has 20 heavy (non-hydrogen) atoms. The average Bonchev–Trinajstić information content (AvgIpc) is 2.42. The van der Waals surface area contributed by atoms with Crippen molar-refractivity contribution in [2.45, 2.75) is 19.4 Å². The molecule has 0 aliphatic rings. The molecule has 114 valence electrons. The van der Waals surface area contributed by atoms with Gasteiger partial charge in [0.05, 0.1) is 18.4 Å². The van der Waals surface area contributed by atoms with Crippen molar-refractivity contribution < 1.29 is 4.74 Å². The fraction of sp³-hybridized carbons (Fsp3) is 0.692. The van der Waals surface area contributed by atoms with Crippen LogP contribution in [0.25, 0.3) is 0 Å². The van der Waals surface area contributed by atoms with Gasteiger partial charge in [0, 0.05) is 26.8 Å². The zero-order valence-corrected chi connectivity index (χ0v) is 13.1. The lowest BCUT2D eigenvalue weighted by molar-refractivity contribution is 0.194. The summed E-state index contributed by atoms with van der Waals surface area (Å²) in [5, 5.41) is 7.46. The van der Waals surface area contributed by atoms with Crippen LogP contribution in [-0.2, 0) is 11.3 Å². The van der Waals surface area contributed by atoms with Crippen molar-refractivity contribution in [2.24, 2.45) is 0 Å². The molecular formula is C13H23ClN4O2. The van der Waals surface area contributed by atoms with E-state index in [1.54, 1.807) is 13.3 Å². The minimum atomic E-state index is -0.254. The molecule has 1 aromatic rings. The van der Waals surface area contributed by atoms with E-state index in [0.717, 1.165) is 32.5 Å². The van der Waals surface area contributed by atoms with Crippen LogP contribution in [0.15, 0.2) is 11.0 Å². The van der Waals surface area contributed by atoms with Gasteiger partial charge in [-0.2, -0.15) is 5.10 Å². The van der Waals surface area contributed by atoms with Gasteiger partial charge < -0.3 is 15.0 Å². The first-order chi connectivity index (χ1) is 9.56. The van der Waals surface area contributed by atoms with Gasteiger partial charge in [-0.3, -0.25) is 4.79 Å². The predicted octanol–water partition coefficient (Wildman–Crippen LogP) is 1.30. The number of hydrogen-bond donors (Lipinski definition) is 1. The molecule has 0 saturated heterocycles. The smallest absolute Gasteiger partial charge is 0.287 e. The standard InChI is InChI=1S/C13H23ClN4O2/c1-17(2)7-8-18-13(19)12(14)11(10-16-18)15-6-4-5-9-20-3/h10,15H,4-9H2,1-3H3. The second-order valence-electron chi connectivity index (χ2n) is 4.83. The van der Waals surface area contributed by atoms with Crippen molar-refractivity contribution in [1.82, 2.24) is 14.7 Å². The third kappa shape index (κ3) is 5.48. The van der Waals surface area contributed by atoms with E-state index in [1.165, 1.54) is 4.68 Å². The summed E-state index contributed by atoms with van der Waals surface area (Å²) in [6, 6.07) is 0. The summed E-state index contributed by atoms with van der Waals surface area (Å²) in [6.45, 7) is 2.75. The van der Waals surface area contributed by atoms with Gasteiger partial charge in [0.1, 0.15) is 5.02 Å². The summed E-state index contributed by atoms with van der Waals surface area (Å²) in [4.78, 5) is 14.0. The van der Waals surface area contributed by atoms with E-state index >= 15 is 0 Å². The number of aromatic nitrogens is 2. The van der Waals surface area contributed by atoms with Crippen molar-refractivity contribution in [1.29, 1.82) is 0 Å². The van der Waals surface area contributed by atoms with Crippen LogP contribution in [-0.4, -0.2) is 55.6 Å². The minimum Gasteiger partial charge on any atom is -0.385 e. The third-order valence-electron chi connectivity index (χ3n) is 2.83. The molecule has 0 radical (unpaired) electrons. The number of anilines is 1. The first-order valence-corrected chi connectivity index (χ1v) is 7.07. The van der Waals surface area contributed by atoms with E-state index in [0.29, 0.717) is 12.2 Å². The Balaban J connectivity index is 2.57. The molecule has 0 saturated carbocycles. The third-order valence-corrected chi connectivity index (χ3v) is 3.20. The van der Waals surface area contributed by atoms with Crippen LogP contribution in [0.2, 0.25) is 5.02 Å². The SMILES string of the molecule is COCCCCNc1cnn(CCN(C)C)c(=O)c1Cl. The number of halogens is 1. The summed E-state index contributed by atoms with van der Waals surface area (Å²) in [5.41, 5.74) is 0.339. The van der Waals surface area contributed by atoms with E-state index in [9.17, 15) is 4.79 Å². The number of nitrogens with one attached hydrogen (secondary N) is 1. The van der Waals surface area contributed by atoms with Gasteiger partial charge in [0.25, 0.3) is 5.56 Å². The van der Waals surface area contributed by atoms with Crippen molar-refractivity contribution in [3.8, 4) is 0 Å². The molecule has 1 heterocycles. The van der Waals surface area contributed by atoms with Crippen LogP contribution in [0, 0.1) is 0 Å². The Labute approximate surface area is 124 Å². The molecule has 1 aromatic heterocycles. The summed E-state index contributed by atoms with van der Waals surface area (Å²) < 4.78 is 6.36. The summed E-state index contributed by atoms with van der Waals surface area (Å²) >= 11 is 6.08. The van der Waals surface area contributed by atoms with Crippen molar-refractivity contribution in [2.75, 3.05) is 46.2 Å². The van der Waals surface area contributed by atoms with Gasteiger partial charge in [0.2, 0.25) is 0 Å². The highest BCUT2D eigenvalue weighted by Gasteiger charge is 2.08. The number of nitrogens with zero attached hydrogens (tertiary/aromatic N) is 3. The number of likely N-dealkylation sites (N-methyl/N-ethyl adjacent to an activating group) is 1. The Morgan fingerprint density at radius 2 is 2.20 bits per heavy atom. The van der Waals surface area contributed by atoms with Gasteiger partial charge in [-0.1, -0.05) is 11.6 Å². The van der Waals surface area contributed by atoms with Crippen LogP contribution in [0.1, 0.15) is 12.8 Å². The molecule has 1 rings (SSSR count). The topological polar surface area (TPSA) is 59.4 Å². The minimum absolute atomic E-state index is 0.200. The molecule has 1 N–H and O–H groups in total. The number of ether oxygens (including phenoxy) is 1. The maximum absolute atomic E-state index is 12.0. The molecule has 7 heteroatoms. The van der Waals surface area contributed by atoms with Crippen LogP contribution in [0.4, 0.5) is 5.69 Å². The second-order valence-corrected chi connectivity index (χ2v) is 5.21. The molecule has 0 aromatic carbocycles. The Hall–Kier alpha value is -1.11. The van der Waals surface area contributed by atoms with E-state index in [1.807, 2.05) is 19.0 Å². The number of methoxy groups -OCH3 is 1. The predicted molar refractivity (Wildman–Crippen MR) is 81.7 cm³/mol. The summed E-state index contributed by atoms with van der Waals surface area (Å²) in [6.07, 6.45) is 3.53. The zero-order chi connectivity index (χ0) is 15.0. The normalized spacial score (nSPS) is 11.1. The maximum atomic E-state index is 12.0. The highest BCUT2D eigenvalue weighted by molar-refractivity contribution is 6.32. The largest absolute Gasteiger partial charge is 0.385 e. The molecule has 0 amide bonds. The van der Waals surface area contributed by atoms with Gasteiger partial charge >= 0.3 is 0 Å². The van der Waals surface area contributed by atoms with Crippen LogP contribution >= 0.6 is 11.6 Å². The molecule has 0 aliphatic heterocycles. The van der Waals surface area contributed by atoms with Gasteiger partial charge in [-0.05, 0) is 26.9 Å². The van der Waals surface area contributed by atoms with Crippen LogP contribution in [0.5, 0.6) is 0 Å². The number of rotatable bonds is 9. The van der Waals surface area contributed by atoms with E-state index in [-0.39, 0.29) is 10.6 Å². The molecule has 0 spiro atoms. The van der Waals surface area contributed by atoms with Crippen molar-refractivity contribution in [3.63, 3.8) is 0 Å². The van der Waals surface area contributed by atoms with E-state index in [4.69, 9.17) is 16.3 Å². The monoisotopic (exact) mass is 302 g/mol. The molecule has 0 bridgehead atoms. The lowest BCUT2D eigenvalue weighted by atomic mass is 10.3. The van der Waals surface area contributed by atoms with Gasteiger partial charge in [-0.25, -0.2) is 4.68 Å². The zero-order valence-electron chi connectivity index (χ0n) is 12.4. The Morgan fingerprint density at radius 3 is 2.85 bits per heavy atom. The number of unbranched alkanes of at least 4 members (excludes halogenated alkanes) is 1. The van der Waals surface area contributed by atoms with Crippen molar-refractivity contribution in [3.05, 3.63) is 21.6 Å². The lowest BCUT2D eigenvalue weighted by Gasteiger charge is -2.12. The second kappa shape index (κ2) is 8.94. The van der Waals surface area contributed by atoms with Crippen LogP contribution in [0.3, 0.4) is 0 Å². The highest BCUT2D eigenvalue weighted by Crippen LogP contribution is 2.15. The van der Waals surface area contributed by atoms with E-state index < -0.39 is 0 Å². The van der Waals surface area contributed by atoms with Gasteiger partial charge in [0.15, 0.2) is 0 Å². The molecule has 0 atom stereocenters. The van der Waals surface area contributed by atoms with Gasteiger partial charge in [-0.15, -0.1) is 0 Å². The highest BCUT2D eigenvalue weighted by atomic mass is 35.5. The fourth-order valence-electron chi connectivity index (χ4n) is 1.64. The molecule has 6 nitrogen and oxygen atoms in total. The quantitative estimate of drug-likeness (QED) is 0.697. The Kier molecular flexibility index (Phi) is 7.58. The Bertz CT molecular complexity index is 462. The number of hydrogen-bond acceptors (Lipinski definition) is 5. The maximum Gasteiger partial charge on any atom is 0.287 e. The molecule has 0 aliphatic carbocycles. The summed E-state index contributed by atoms with van der Waals surface area (Å²) in [5.74, 6) is 0. The molecular weight excluding hydrogens is 280 g/mol. The Morgan fingerprint density at radius 1 is 1.45 bits per heavy atom. The van der Waals surface area contributed by atoms with Crippen molar-refractivity contribution >= 4 is 17.3 Å². The summed E-state index contributed by atoms with van der Waals surface area (Å²) in [7, 11) is 5.58. The van der Waals surface area contributed by atoms with Crippen LogP contribution < -0.4 is 10.9 Å².